The second-order valence-corrected chi connectivity index (χ2v) is 6.87. The fraction of sp³-hybridized carbons (Fsp3) is 0.471. The second-order valence-electron chi connectivity index (χ2n) is 6.87. The third-order valence-electron chi connectivity index (χ3n) is 3.54. The molecule has 1 atom stereocenters. The highest BCUT2D eigenvalue weighted by atomic mass is 16.2. The van der Waals surface area contributed by atoms with E-state index in [2.05, 4.69) is 36.1 Å². The standard InChI is InChI=1S/C17H24N4O/c1-12-15(21(5)11-19-12)16(22)20-14(9-17(2,3)4)13-7-6-8-18-10-13/h6-8,10-11,14H,9H2,1-5H3,(H,20,22). The first-order valence-electron chi connectivity index (χ1n) is 7.46. The molecule has 0 bridgehead atoms. The molecule has 0 aliphatic rings. The molecule has 1 amide bonds. The largest absolute Gasteiger partial charge is 0.344 e. The molecule has 2 heterocycles. The third kappa shape index (κ3) is 3.93. The Morgan fingerprint density at radius 3 is 2.64 bits per heavy atom. The van der Waals surface area contributed by atoms with Crippen LogP contribution >= 0.6 is 0 Å². The van der Waals surface area contributed by atoms with Crippen molar-refractivity contribution in [1.29, 1.82) is 0 Å². The van der Waals surface area contributed by atoms with Crippen molar-refractivity contribution in [3.63, 3.8) is 0 Å². The molecule has 5 nitrogen and oxygen atoms in total. The summed E-state index contributed by atoms with van der Waals surface area (Å²) in [5, 5.41) is 3.13. The molecule has 0 spiro atoms. The second kappa shape index (κ2) is 6.30. The fourth-order valence-corrected chi connectivity index (χ4v) is 2.55. The molecule has 0 saturated carbocycles. The zero-order valence-electron chi connectivity index (χ0n) is 13.9. The van der Waals surface area contributed by atoms with Gasteiger partial charge in [0.25, 0.3) is 5.91 Å². The van der Waals surface area contributed by atoms with Crippen molar-refractivity contribution in [3.05, 3.63) is 47.8 Å². The Labute approximate surface area is 131 Å². The van der Waals surface area contributed by atoms with Crippen LogP contribution in [-0.2, 0) is 7.05 Å². The third-order valence-corrected chi connectivity index (χ3v) is 3.54. The average molecular weight is 300 g/mol. The van der Waals surface area contributed by atoms with Crippen LogP contribution in [-0.4, -0.2) is 20.4 Å². The molecule has 0 aromatic carbocycles. The van der Waals surface area contributed by atoms with Gasteiger partial charge < -0.3 is 9.88 Å². The van der Waals surface area contributed by atoms with Crippen molar-refractivity contribution in [2.75, 3.05) is 0 Å². The summed E-state index contributed by atoms with van der Waals surface area (Å²) in [7, 11) is 1.83. The van der Waals surface area contributed by atoms with Gasteiger partial charge in [0.05, 0.1) is 18.1 Å². The van der Waals surface area contributed by atoms with Gasteiger partial charge in [-0.05, 0) is 30.4 Å². The number of hydrogen-bond acceptors (Lipinski definition) is 3. The lowest BCUT2D eigenvalue weighted by Gasteiger charge is -2.27. The molecule has 2 rings (SSSR count). The van der Waals surface area contributed by atoms with E-state index in [9.17, 15) is 4.79 Å². The van der Waals surface area contributed by atoms with Gasteiger partial charge in [0.1, 0.15) is 5.69 Å². The molecule has 1 N–H and O–H groups in total. The van der Waals surface area contributed by atoms with Crippen LogP contribution in [0.25, 0.3) is 0 Å². The van der Waals surface area contributed by atoms with Crippen LogP contribution < -0.4 is 5.32 Å². The van der Waals surface area contributed by atoms with Crippen LogP contribution in [0.4, 0.5) is 0 Å². The smallest absolute Gasteiger partial charge is 0.270 e. The first-order chi connectivity index (χ1) is 10.3. The number of aromatic nitrogens is 3. The van der Waals surface area contributed by atoms with Gasteiger partial charge in [0.2, 0.25) is 0 Å². The van der Waals surface area contributed by atoms with Crippen LogP contribution in [0.2, 0.25) is 0 Å². The first kappa shape index (κ1) is 16.2. The van der Waals surface area contributed by atoms with Gasteiger partial charge in [-0.2, -0.15) is 0 Å². The van der Waals surface area contributed by atoms with E-state index in [0.29, 0.717) is 5.69 Å². The highest BCUT2D eigenvalue weighted by Crippen LogP contribution is 2.29. The number of amides is 1. The fourth-order valence-electron chi connectivity index (χ4n) is 2.55. The normalized spacial score (nSPS) is 13.0. The number of pyridine rings is 1. The van der Waals surface area contributed by atoms with E-state index in [1.807, 2.05) is 32.3 Å². The first-order valence-corrected chi connectivity index (χ1v) is 7.46. The zero-order valence-corrected chi connectivity index (χ0v) is 13.9. The highest BCUT2D eigenvalue weighted by Gasteiger charge is 2.24. The van der Waals surface area contributed by atoms with Gasteiger partial charge >= 0.3 is 0 Å². The molecule has 118 valence electrons. The lowest BCUT2D eigenvalue weighted by Crippen LogP contribution is -2.32. The van der Waals surface area contributed by atoms with Crippen LogP contribution in [0, 0.1) is 12.3 Å². The summed E-state index contributed by atoms with van der Waals surface area (Å²) in [5.74, 6) is -0.101. The van der Waals surface area contributed by atoms with Crippen LogP contribution in [0.15, 0.2) is 30.9 Å². The number of carbonyl (C=O) groups is 1. The minimum atomic E-state index is -0.101. The topological polar surface area (TPSA) is 59.8 Å². The number of carbonyl (C=O) groups excluding carboxylic acids is 1. The Morgan fingerprint density at radius 1 is 1.41 bits per heavy atom. The average Bonchev–Trinajstić information content (AvgIpc) is 2.77. The Morgan fingerprint density at radius 2 is 2.14 bits per heavy atom. The number of nitrogens with zero attached hydrogens (tertiary/aromatic N) is 3. The zero-order chi connectivity index (χ0) is 16.3. The van der Waals surface area contributed by atoms with E-state index in [0.717, 1.165) is 17.7 Å². The molecule has 0 aliphatic carbocycles. The SMILES string of the molecule is Cc1ncn(C)c1C(=O)NC(CC(C)(C)C)c1cccnc1. The lowest BCUT2D eigenvalue weighted by atomic mass is 9.86. The molecule has 22 heavy (non-hydrogen) atoms. The maximum absolute atomic E-state index is 12.6. The van der Waals surface area contributed by atoms with Crippen molar-refractivity contribution in [2.45, 2.75) is 40.2 Å². The molecule has 0 aliphatic heterocycles. The van der Waals surface area contributed by atoms with E-state index in [1.54, 1.807) is 17.1 Å². The summed E-state index contributed by atoms with van der Waals surface area (Å²) in [5.41, 5.74) is 2.45. The quantitative estimate of drug-likeness (QED) is 0.944. The molecule has 2 aromatic heterocycles. The minimum absolute atomic E-state index is 0.0736. The Bertz CT molecular complexity index is 621. The molecular formula is C17H24N4O. The van der Waals surface area contributed by atoms with Gasteiger partial charge in [-0.25, -0.2) is 4.98 Å². The number of hydrogen-bond donors (Lipinski definition) is 1. The molecule has 0 radical (unpaired) electrons. The molecule has 1 unspecified atom stereocenters. The van der Waals surface area contributed by atoms with Crippen molar-refractivity contribution in [1.82, 2.24) is 19.9 Å². The molecular weight excluding hydrogens is 276 g/mol. The number of aryl methyl sites for hydroxylation is 2. The Balaban J connectivity index is 2.25. The van der Waals surface area contributed by atoms with Gasteiger partial charge in [0.15, 0.2) is 0 Å². The summed E-state index contributed by atoms with van der Waals surface area (Å²) in [4.78, 5) is 21.0. The highest BCUT2D eigenvalue weighted by molar-refractivity contribution is 5.93. The van der Waals surface area contributed by atoms with E-state index < -0.39 is 0 Å². The van der Waals surface area contributed by atoms with Crippen molar-refractivity contribution >= 4 is 5.91 Å². The van der Waals surface area contributed by atoms with Gasteiger partial charge in [-0.1, -0.05) is 26.8 Å². The monoisotopic (exact) mass is 300 g/mol. The Hall–Kier alpha value is -2.17. The van der Waals surface area contributed by atoms with Crippen LogP contribution in [0.5, 0.6) is 0 Å². The molecule has 2 aromatic rings. The molecule has 0 saturated heterocycles. The predicted molar refractivity (Wildman–Crippen MR) is 86.5 cm³/mol. The lowest BCUT2D eigenvalue weighted by molar-refractivity contribution is 0.0917. The number of nitrogens with one attached hydrogen (secondary N) is 1. The van der Waals surface area contributed by atoms with Crippen molar-refractivity contribution in [2.24, 2.45) is 12.5 Å². The van der Waals surface area contributed by atoms with Crippen molar-refractivity contribution in [3.8, 4) is 0 Å². The van der Waals surface area contributed by atoms with E-state index in [-0.39, 0.29) is 17.4 Å². The molecule has 0 fully saturated rings. The van der Waals surface area contributed by atoms with Gasteiger partial charge in [-0.3, -0.25) is 9.78 Å². The van der Waals surface area contributed by atoms with Gasteiger partial charge in [-0.15, -0.1) is 0 Å². The maximum Gasteiger partial charge on any atom is 0.270 e. The summed E-state index contributed by atoms with van der Waals surface area (Å²) in [6.07, 6.45) is 6.05. The summed E-state index contributed by atoms with van der Waals surface area (Å²) < 4.78 is 1.75. The molecule has 5 heteroatoms. The van der Waals surface area contributed by atoms with Crippen molar-refractivity contribution < 1.29 is 4.79 Å². The number of rotatable bonds is 4. The minimum Gasteiger partial charge on any atom is -0.344 e. The number of imidazole rings is 1. The summed E-state index contributed by atoms with van der Waals surface area (Å²) >= 11 is 0. The van der Waals surface area contributed by atoms with E-state index in [1.165, 1.54) is 0 Å². The van der Waals surface area contributed by atoms with E-state index >= 15 is 0 Å². The maximum atomic E-state index is 12.6. The van der Waals surface area contributed by atoms with E-state index in [4.69, 9.17) is 0 Å². The summed E-state index contributed by atoms with van der Waals surface area (Å²) in [6, 6.07) is 3.82. The van der Waals surface area contributed by atoms with Crippen LogP contribution in [0.3, 0.4) is 0 Å². The van der Waals surface area contributed by atoms with Crippen LogP contribution in [0.1, 0.15) is 55.0 Å². The predicted octanol–water partition coefficient (Wildman–Crippen LogP) is 3.03. The van der Waals surface area contributed by atoms with Gasteiger partial charge in [0, 0.05) is 19.4 Å². The summed E-state index contributed by atoms with van der Waals surface area (Å²) in [6.45, 7) is 8.34. The Kier molecular flexibility index (Phi) is 4.64.